The largest absolute Gasteiger partial charge is 0.316 e. The molecule has 1 saturated heterocycles. The van der Waals surface area contributed by atoms with Crippen molar-refractivity contribution in [1.29, 1.82) is 0 Å². The van der Waals surface area contributed by atoms with Gasteiger partial charge in [0.25, 0.3) is 0 Å². The molecule has 1 aromatic carbocycles. The van der Waals surface area contributed by atoms with Crippen molar-refractivity contribution in [3.8, 4) is 0 Å². The smallest absolute Gasteiger partial charge is 0.0235 e. The average molecular weight is 275 g/mol. The normalized spacial score (nSPS) is 19.9. The van der Waals surface area contributed by atoms with E-state index in [9.17, 15) is 0 Å². The molecule has 0 aliphatic carbocycles. The van der Waals surface area contributed by atoms with E-state index in [1.54, 1.807) is 0 Å². The molecule has 0 bridgehead atoms. The zero-order chi connectivity index (χ0) is 14.4. The molecule has 1 N–H and O–H groups in total. The van der Waals surface area contributed by atoms with Crippen molar-refractivity contribution in [2.24, 2.45) is 0 Å². The van der Waals surface area contributed by atoms with Gasteiger partial charge in [-0.1, -0.05) is 38.1 Å². The van der Waals surface area contributed by atoms with Gasteiger partial charge in [0, 0.05) is 32.2 Å². The number of rotatable bonds is 7. The molecule has 0 aromatic heterocycles. The molecule has 1 unspecified atom stereocenters. The van der Waals surface area contributed by atoms with Gasteiger partial charge in [-0.2, -0.15) is 0 Å². The van der Waals surface area contributed by atoms with Gasteiger partial charge in [-0.3, -0.25) is 9.80 Å². The fraction of sp³-hybridized carbons (Fsp3) is 0.647. The van der Waals surface area contributed by atoms with Crippen LogP contribution in [0.2, 0.25) is 0 Å². The minimum atomic E-state index is 0.758. The Balaban J connectivity index is 1.85. The number of nitrogens with zero attached hydrogens (tertiary/aromatic N) is 2. The predicted octanol–water partition coefficient (Wildman–Crippen LogP) is 2.32. The highest BCUT2D eigenvalue weighted by molar-refractivity contribution is 5.22. The molecule has 0 radical (unpaired) electrons. The third-order valence-corrected chi connectivity index (χ3v) is 4.39. The van der Waals surface area contributed by atoms with Crippen LogP contribution in [0.3, 0.4) is 0 Å². The zero-order valence-corrected chi connectivity index (χ0v) is 13.2. The lowest BCUT2D eigenvalue weighted by Gasteiger charge is -2.26. The minimum Gasteiger partial charge on any atom is -0.316 e. The maximum atomic E-state index is 3.19. The molecule has 2 rings (SSSR count). The number of hydrogen-bond acceptors (Lipinski definition) is 3. The SMILES string of the molecule is CCN(CC)C1CCN(Cc2ccc(CNC)cc2)C1. The van der Waals surface area contributed by atoms with E-state index in [-0.39, 0.29) is 0 Å². The topological polar surface area (TPSA) is 18.5 Å². The summed E-state index contributed by atoms with van der Waals surface area (Å²) in [5.41, 5.74) is 2.80. The first-order valence-corrected chi connectivity index (χ1v) is 7.95. The van der Waals surface area contributed by atoms with E-state index in [1.807, 2.05) is 7.05 Å². The lowest BCUT2D eigenvalue weighted by atomic mass is 10.1. The number of likely N-dealkylation sites (N-methyl/N-ethyl adjacent to an activating group) is 1. The summed E-state index contributed by atoms with van der Waals surface area (Å²) in [4.78, 5) is 5.19. The molecular formula is C17H29N3. The van der Waals surface area contributed by atoms with Crippen LogP contribution >= 0.6 is 0 Å². The van der Waals surface area contributed by atoms with Crippen LogP contribution in [0.5, 0.6) is 0 Å². The van der Waals surface area contributed by atoms with Crippen LogP contribution in [0.25, 0.3) is 0 Å². The highest BCUT2D eigenvalue weighted by Crippen LogP contribution is 2.18. The Morgan fingerprint density at radius 2 is 1.80 bits per heavy atom. The summed E-state index contributed by atoms with van der Waals surface area (Å²) in [6.07, 6.45) is 1.32. The van der Waals surface area contributed by atoms with Crippen molar-refractivity contribution < 1.29 is 0 Å². The van der Waals surface area contributed by atoms with Crippen molar-refractivity contribution >= 4 is 0 Å². The minimum absolute atomic E-state index is 0.758. The molecule has 1 aliphatic rings. The van der Waals surface area contributed by atoms with Crippen LogP contribution in [0.15, 0.2) is 24.3 Å². The van der Waals surface area contributed by atoms with E-state index >= 15 is 0 Å². The van der Waals surface area contributed by atoms with Crippen LogP contribution in [0, 0.1) is 0 Å². The maximum Gasteiger partial charge on any atom is 0.0235 e. The first kappa shape index (κ1) is 15.5. The summed E-state index contributed by atoms with van der Waals surface area (Å²) in [5.74, 6) is 0. The van der Waals surface area contributed by atoms with Gasteiger partial charge < -0.3 is 5.32 Å². The highest BCUT2D eigenvalue weighted by atomic mass is 15.2. The van der Waals surface area contributed by atoms with Crippen LogP contribution < -0.4 is 5.32 Å². The third-order valence-electron chi connectivity index (χ3n) is 4.39. The first-order valence-electron chi connectivity index (χ1n) is 7.95. The van der Waals surface area contributed by atoms with Crippen molar-refractivity contribution in [3.05, 3.63) is 35.4 Å². The third kappa shape index (κ3) is 4.05. The van der Waals surface area contributed by atoms with Crippen LogP contribution in [-0.2, 0) is 13.1 Å². The number of hydrogen-bond donors (Lipinski definition) is 1. The Labute approximate surface area is 124 Å². The van der Waals surface area contributed by atoms with Gasteiger partial charge in [0.2, 0.25) is 0 Å². The molecular weight excluding hydrogens is 246 g/mol. The highest BCUT2D eigenvalue weighted by Gasteiger charge is 2.25. The molecule has 1 aromatic rings. The fourth-order valence-corrected chi connectivity index (χ4v) is 3.22. The molecule has 0 amide bonds. The first-order chi connectivity index (χ1) is 9.76. The van der Waals surface area contributed by atoms with Gasteiger partial charge in [0.1, 0.15) is 0 Å². The number of benzene rings is 1. The predicted molar refractivity (Wildman–Crippen MR) is 85.8 cm³/mol. The van der Waals surface area contributed by atoms with Crippen molar-refractivity contribution in [3.63, 3.8) is 0 Å². The second kappa shape index (κ2) is 7.77. The molecule has 1 fully saturated rings. The monoisotopic (exact) mass is 275 g/mol. The lowest BCUT2D eigenvalue weighted by Crippen LogP contribution is -2.37. The molecule has 1 atom stereocenters. The van der Waals surface area contributed by atoms with Crippen molar-refractivity contribution in [1.82, 2.24) is 15.1 Å². The van der Waals surface area contributed by atoms with Gasteiger partial charge in [-0.05, 0) is 37.7 Å². The van der Waals surface area contributed by atoms with E-state index in [4.69, 9.17) is 0 Å². The van der Waals surface area contributed by atoms with Gasteiger partial charge in [-0.25, -0.2) is 0 Å². The van der Waals surface area contributed by atoms with Gasteiger partial charge >= 0.3 is 0 Å². The van der Waals surface area contributed by atoms with Crippen molar-refractivity contribution in [2.45, 2.75) is 39.4 Å². The molecule has 20 heavy (non-hydrogen) atoms. The Morgan fingerprint density at radius 3 is 2.40 bits per heavy atom. The molecule has 112 valence electrons. The Bertz CT molecular complexity index is 384. The van der Waals surface area contributed by atoms with Gasteiger partial charge in [0.15, 0.2) is 0 Å². The standard InChI is InChI=1S/C17H29N3/c1-4-20(5-2)17-10-11-19(14-17)13-16-8-6-15(7-9-16)12-18-3/h6-9,17-18H,4-5,10-14H2,1-3H3. The molecule has 0 spiro atoms. The number of nitrogens with one attached hydrogen (secondary N) is 1. The molecule has 0 saturated carbocycles. The van der Waals surface area contributed by atoms with Gasteiger partial charge in [0.05, 0.1) is 0 Å². The van der Waals surface area contributed by atoms with E-state index in [0.717, 1.165) is 19.1 Å². The summed E-state index contributed by atoms with van der Waals surface area (Å²) < 4.78 is 0. The summed E-state index contributed by atoms with van der Waals surface area (Å²) >= 11 is 0. The van der Waals surface area contributed by atoms with Crippen molar-refractivity contribution in [2.75, 3.05) is 33.2 Å². The fourth-order valence-electron chi connectivity index (χ4n) is 3.22. The summed E-state index contributed by atoms with van der Waals surface area (Å²) in [5, 5.41) is 3.19. The summed E-state index contributed by atoms with van der Waals surface area (Å²) in [6.45, 7) is 11.4. The molecule has 1 aliphatic heterocycles. The van der Waals surface area contributed by atoms with E-state index in [1.165, 1.54) is 43.7 Å². The van der Waals surface area contributed by atoms with E-state index in [2.05, 4.69) is 53.2 Å². The second-order valence-corrected chi connectivity index (χ2v) is 5.75. The Morgan fingerprint density at radius 1 is 1.15 bits per heavy atom. The lowest BCUT2D eigenvalue weighted by molar-refractivity contribution is 0.209. The number of likely N-dealkylation sites (tertiary alicyclic amines) is 1. The second-order valence-electron chi connectivity index (χ2n) is 5.75. The zero-order valence-electron chi connectivity index (χ0n) is 13.2. The van der Waals surface area contributed by atoms with E-state index in [0.29, 0.717) is 0 Å². The van der Waals surface area contributed by atoms with Crippen LogP contribution in [-0.4, -0.2) is 49.1 Å². The quantitative estimate of drug-likeness (QED) is 0.824. The molecule has 3 nitrogen and oxygen atoms in total. The van der Waals surface area contributed by atoms with Gasteiger partial charge in [-0.15, -0.1) is 0 Å². The van der Waals surface area contributed by atoms with E-state index < -0.39 is 0 Å². The maximum absolute atomic E-state index is 3.19. The van der Waals surface area contributed by atoms with Crippen LogP contribution in [0.4, 0.5) is 0 Å². The molecule has 3 heteroatoms. The molecule has 1 heterocycles. The summed E-state index contributed by atoms with van der Waals surface area (Å²) in [6, 6.07) is 9.79. The van der Waals surface area contributed by atoms with Crippen LogP contribution in [0.1, 0.15) is 31.4 Å². The Hall–Kier alpha value is -0.900. The average Bonchev–Trinajstić information content (AvgIpc) is 2.91. The Kier molecular flexibility index (Phi) is 6.02. The summed E-state index contributed by atoms with van der Waals surface area (Å²) in [7, 11) is 1.99.